The summed E-state index contributed by atoms with van der Waals surface area (Å²) >= 11 is 12.0. The standard InChI is InChI=1S/C19H19Cl2N3O3/c20-14-3-1-13(2-4-14)12-23-9-7-15(8-10-23)22-19(25)17-11-16(24(26)27)5-6-18(17)21/h1-6,11,15H,7-10,12H2,(H,22,25)/p+1. The number of nitro benzene ring substituents is 1. The molecule has 8 heteroatoms. The summed E-state index contributed by atoms with van der Waals surface area (Å²) in [6, 6.07) is 11.8. The minimum absolute atomic E-state index is 0.0433. The van der Waals surface area contributed by atoms with Gasteiger partial charge in [-0.3, -0.25) is 14.9 Å². The topological polar surface area (TPSA) is 76.7 Å². The molecule has 2 aromatic carbocycles. The number of nitrogens with one attached hydrogen (secondary N) is 2. The molecular formula is C19H20Cl2N3O3+. The average molecular weight is 409 g/mol. The normalized spacial score (nSPS) is 19.5. The van der Waals surface area contributed by atoms with Gasteiger partial charge in [0.1, 0.15) is 6.54 Å². The molecule has 1 amide bonds. The predicted molar refractivity (Wildman–Crippen MR) is 104 cm³/mol. The highest BCUT2D eigenvalue weighted by atomic mass is 35.5. The molecule has 0 aliphatic carbocycles. The smallest absolute Gasteiger partial charge is 0.270 e. The van der Waals surface area contributed by atoms with Gasteiger partial charge < -0.3 is 10.2 Å². The van der Waals surface area contributed by atoms with Crippen LogP contribution in [0, 0.1) is 10.1 Å². The van der Waals surface area contributed by atoms with Crippen molar-refractivity contribution in [3.63, 3.8) is 0 Å². The number of hydrogen-bond donors (Lipinski definition) is 2. The molecule has 0 bridgehead atoms. The molecule has 6 nitrogen and oxygen atoms in total. The number of nitrogens with zero attached hydrogens (tertiary/aromatic N) is 1. The highest BCUT2D eigenvalue weighted by Crippen LogP contribution is 2.22. The maximum atomic E-state index is 12.5. The Hall–Kier alpha value is -2.15. The number of carbonyl (C=O) groups is 1. The Balaban J connectivity index is 1.54. The molecule has 0 spiro atoms. The molecule has 1 saturated heterocycles. The summed E-state index contributed by atoms with van der Waals surface area (Å²) in [5.41, 5.74) is 1.23. The summed E-state index contributed by atoms with van der Waals surface area (Å²) in [5, 5.41) is 14.8. The quantitative estimate of drug-likeness (QED) is 0.589. The van der Waals surface area contributed by atoms with Crippen LogP contribution in [0.15, 0.2) is 42.5 Å². The second kappa shape index (κ2) is 8.69. The van der Waals surface area contributed by atoms with E-state index in [1.54, 1.807) is 0 Å². The lowest BCUT2D eigenvalue weighted by atomic mass is 10.0. The Bertz CT molecular complexity index is 835. The van der Waals surface area contributed by atoms with E-state index in [4.69, 9.17) is 23.2 Å². The third-order valence-electron chi connectivity index (χ3n) is 4.80. The van der Waals surface area contributed by atoms with Crippen molar-refractivity contribution < 1.29 is 14.6 Å². The third kappa shape index (κ3) is 5.19. The Kier molecular flexibility index (Phi) is 6.31. The first-order valence-electron chi connectivity index (χ1n) is 8.75. The maximum Gasteiger partial charge on any atom is 0.270 e. The van der Waals surface area contributed by atoms with Crippen molar-refractivity contribution in [2.75, 3.05) is 13.1 Å². The predicted octanol–water partition coefficient (Wildman–Crippen LogP) is 2.88. The van der Waals surface area contributed by atoms with E-state index in [9.17, 15) is 14.9 Å². The van der Waals surface area contributed by atoms with Crippen molar-refractivity contribution in [3.05, 3.63) is 73.8 Å². The molecule has 1 aliphatic rings. The average Bonchev–Trinajstić information content (AvgIpc) is 2.65. The Morgan fingerprint density at radius 3 is 2.44 bits per heavy atom. The molecule has 0 aromatic heterocycles. The summed E-state index contributed by atoms with van der Waals surface area (Å²) in [6.07, 6.45) is 1.70. The van der Waals surface area contributed by atoms with Crippen LogP contribution in [0.25, 0.3) is 0 Å². The van der Waals surface area contributed by atoms with Crippen molar-refractivity contribution in [1.82, 2.24) is 5.32 Å². The number of halogens is 2. The number of amides is 1. The van der Waals surface area contributed by atoms with E-state index >= 15 is 0 Å². The van der Waals surface area contributed by atoms with Gasteiger partial charge in [-0.1, -0.05) is 35.3 Å². The van der Waals surface area contributed by atoms with Gasteiger partial charge in [-0.15, -0.1) is 0 Å². The van der Waals surface area contributed by atoms with Crippen LogP contribution < -0.4 is 10.2 Å². The number of non-ortho nitro benzene ring substituents is 1. The minimum Gasteiger partial charge on any atom is -0.349 e. The number of hydrogen-bond acceptors (Lipinski definition) is 3. The van der Waals surface area contributed by atoms with Crippen molar-refractivity contribution >= 4 is 34.8 Å². The Morgan fingerprint density at radius 1 is 1.15 bits per heavy atom. The molecule has 1 fully saturated rings. The first-order chi connectivity index (χ1) is 12.9. The van der Waals surface area contributed by atoms with Gasteiger partial charge in [-0.05, 0) is 18.2 Å². The van der Waals surface area contributed by atoms with Crippen molar-refractivity contribution in [1.29, 1.82) is 0 Å². The molecule has 1 heterocycles. The largest absolute Gasteiger partial charge is 0.349 e. The fraction of sp³-hybridized carbons (Fsp3) is 0.316. The summed E-state index contributed by atoms with van der Waals surface area (Å²) in [7, 11) is 0. The van der Waals surface area contributed by atoms with Crippen molar-refractivity contribution in [2.45, 2.75) is 25.4 Å². The van der Waals surface area contributed by atoms with Crippen LogP contribution in [-0.4, -0.2) is 30.0 Å². The minimum atomic E-state index is -0.536. The third-order valence-corrected chi connectivity index (χ3v) is 5.38. The van der Waals surface area contributed by atoms with E-state index in [1.807, 2.05) is 24.3 Å². The van der Waals surface area contributed by atoms with Crippen LogP contribution in [0.1, 0.15) is 28.8 Å². The molecule has 0 saturated carbocycles. The van der Waals surface area contributed by atoms with Gasteiger partial charge >= 0.3 is 0 Å². The van der Waals surface area contributed by atoms with Crippen LogP contribution in [0.2, 0.25) is 10.0 Å². The number of nitro groups is 1. The number of carbonyl (C=O) groups excluding carboxylic acids is 1. The molecule has 27 heavy (non-hydrogen) atoms. The molecule has 0 unspecified atom stereocenters. The fourth-order valence-corrected chi connectivity index (χ4v) is 3.63. The van der Waals surface area contributed by atoms with Crippen molar-refractivity contribution in [2.24, 2.45) is 0 Å². The van der Waals surface area contributed by atoms with E-state index in [0.717, 1.165) is 37.5 Å². The number of likely N-dealkylation sites (tertiary alicyclic amines) is 1. The summed E-state index contributed by atoms with van der Waals surface area (Å²) in [4.78, 5) is 24.3. The van der Waals surface area contributed by atoms with Crippen LogP contribution >= 0.6 is 23.2 Å². The first-order valence-corrected chi connectivity index (χ1v) is 9.51. The van der Waals surface area contributed by atoms with E-state index in [2.05, 4.69) is 5.32 Å². The van der Waals surface area contributed by atoms with Gasteiger partial charge in [-0.2, -0.15) is 0 Å². The lowest BCUT2D eigenvalue weighted by molar-refractivity contribution is -0.918. The highest BCUT2D eigenvalue weighted by Gasteiger charge is 2.25. The lowest BCUT2D eigenvalue weighted by Crippen LogP contribution is -3.12. The monoisotopic (exact) mass is 408 g/mol. The zero-order valence-electron chi connectivity index (χ0n) is 14.6. The lowest BCUT2D eigenvalue weighted by Gasteiger charge is -2.30. The Morgan fingerprint density at radius 2 is 1.81 bits per heavy atom. The number of quaternary nitrogens is 1. The molecule has 142 valence electrons. The highest BCUT2D eigenvalue weighted by molar-refractivity contribution is 6.34. The van der Waals surface area contributed by atoms with Crippen LogP contribution in [0.3, 0.4) is 0 Å². The number of piperidine rings is 1. The zero-order chi connectivity index (χ0) is 19.4. The second-order valence-corrected chi connectivity index (χ2v) is 7.57. The van der Waals surface area contributed by atoms with E-state index in [-0.39, 0.29) is 28.2 Å². The van der Waals surface area contributed by atoms with Crippen LogP contribution in [0.4, 0.5) is 5.69 Å². The van der Waals surface area contributed by atoms with Crippen LogP contribution in [-0.2, 0) is 6.54 Å². The summed E-state index contributed by atoms with van der Waals surface area (Å²) in [6.45, 7) is 2.81. The zero-order valence-corrected chi connectivity index (χ0v) is 16.1. The molecule has 0 atom stereocenters. The van der Waals surface area contributed by atoms with E-state index < -0.39 is 4.92 Å². The van der Waals surface area contributed by atoms with Gasteiger partial charge in [0, 0.05) is 41.6 Å². The first kappa shape index (κ1) is 19.6. The van der Waals surface area contributed by atoms with E-state index in [0.29, 0.717) is 0 Å². The van der Waals surface area contributed by atoms with Gasteiger partial charge in [0.2, 0.25) is 0 Å². The molecule has 2 N–H and O–H groups in total. The Labute approximate surface area is 167 Å². The van der Waals surface area contributed by atoms with Crippen LogP contribution in [0.5, 0.6) is 0 Å². The number of rotatable bonds is 5. The van der Waals surface area contributed by atoms with Gasteiger partial charge in [0.25, 0.3) is 11.6 Å². The SMILES string of the molecule is O=C(NC1CC[NH+](Cc2ccc(Cl)cc2)CC1)c1cc([N+](=O)[O-])ccc1Cl. The molecule has 3 rings (SSSR count). The maximum absolute atomic E-state index is 12.5. The molecular weight excluding hydrogens is 389 g/mol. The molecule has 0 radical (unpaired) electrons. The van der Waals surface area contributed by atoms with Gasteiger partial charge in [0.05, 0.1) is 28.6 Å². The number of benzene rings is 2. The summed E-state index contributed by atoms with van der Waals surface area (Å²) < 4.78 is 0. The second-order valence-electron chi connectivity index (χ2n) is 6.72. The van der Waals surface area contributed by atoms with Gasteiger partial charge in [0.15, 0.2) is 0 Å². The summed E-state index contributed by atoms with van der Waals surface area (Å²) in [5.74, 6) is -0.366. The van der Waals surface area contributed by atoms with Crippen molar-refractivity contribution in [3.8, 4) is 0 Å². The van der Waals surface area contributed by atoms with Gasteiger partial charge in [-0.25, -0.2) is 0 Å². The molecule has 1 aliphatic heterocycles. The fourth-order valence-electron chi connectivity index (χ4n) is 3.30. The van der Waals surface area contributed by atoms with E-state index in [1.165, 1.54) is 28.7 Å². The molecule has 2 aromatic rings.